The monoisotopic (exact) mass is 405 g/mol. The molecule has 3 aromatic rings. The van der Waals surface area contributed by atoms with Gasteiger partial charge in [0.1, 0.15) is 11.8 Å². The van der Waals surface area contributed by atoms with Crippen molar-refractivity contribution in [1.29, 1.82) is 0 Å². The minimum Gasteiger partial charge on any atom is -0.497 e. The van der Waals surface area contributed by atoms with E-state index in [4.69, 9.17) is 4.74 Å². The number of carboxylic acid groups (broad SMARTS) is 1. The summed E-state index contributed by atoms with van der Waals surface area (Å²) < 4.78 is 5.33. The fourth-order valence-corrected chi connectivity index (χ4v) is 4.07. The van der Waals surface area contributed by atoms with Crippen LogP contribution in [0.1, 0.15) is 17.2 Å². The second kappa shape index (κ2) is 9.15. The van der Waals surface area contributed by atoms with Crippen molar-refractivity contribution in [2.24, 2.45) is 0 Å². The normalized spacial score (nSPS) is 16.8. The lowest BCUT2D eigenvalue weighted by molar-refractivity contribution is -0.144. The number of nitrogens with one attached hydrogen (secondary N) is 1. The Kier molecular flexibility index (Phi) is 6.16. The third kappa shape index (κ3) is 4.40. The van der Waals surface area contributed by atoms with Crippen molar-refractivity contribution in [3.8, 4) is 5.75 Å². The van der Waals surface area contributed by atoms with E-state index in [1.165, 1.54) is 5.56 Å². The molecule has 2 N–H and O–H groups in total. The van der Waals surface area contributed by atoms with Gasteiger partial charge in [-0.15, -0.1) is 0 Å². The Morgan fingerprint density at radius 3 is 2.63 bits per heavy atom. The minimum absolute atomic E-state index is 0.673. The average molecular weight is 405 g/mol. The zero-order valence-corrected chi connectivity index (χ0v) is 17.1. The molecule has 4 rings (SSSR count). The molecule has 0 spiro atoms. The number of fused-ring (bicyclic) bond motifs is 1. The van der Waals surface area contributed by atoms with Gasteiger partial charge >= 0.3 is 5.97 Å². The van der Waals surface area contributed by atoms with Crippen molar-refractivity contribution in [3.63, 3.8) is 0 Å². The predicted octanol–water partition coefficient (Wildman–Crippen LogP) is 3.63. The number of ether oxygens (including phenoxy) is 1. The highest BCUT2D eigenvalue weighted by molar-refractivity contribution is 5.90. The first-order valence-corrected chi connectivity index (χ1v) is 10.2. The predicted molar refractivity (Wildman–Crippen MR) is 119 cm³/mol. The Balaban J connectivity index is 1.43. The molecule has 2 heterocycles. The summed E-state index contributed by atoms with van der Waals surface area (Å²) in [6, 6.07) is 15.3. The van der Waals surface area contributed by atoms with Gasteiger partial charge in [-0.3, -0.25) is 14.6 Å². The maximum Gasteiger partial charge on any atom is 0.325 e. The quantitative estimate of drug-likeness (QED) is 0.628. The Morgan fingerprint density at radius 1 is 1.17 bits per heavy atom. The van der Waals surface area contributed by atoms with Crippen LogP contribution in [0, 0.1) is 0 Å². The van der Waals surface area contributed by atoms with E-state index in [2.05, 4.69) is 39.1 Å². The molecule has 1 fully saturated rings. The maximum atomic E-state index is 12.2. The highest BCUT2D eigenvalue weighted by atomic mass is 16.5. The number of carbonyl (C=O) groups is 1. The van der Waals surface area contributed by atoms with Crippen LogP contribution in [0.15, 0.2) is 60.8 Å². The van der Waals surface area contributed by atoms with Gasteiger partial charge in [-0.1, -0.05) is 42.5 Å². The van der Waals surface area contributed by atoms with E-state index in [9.17, 15) is 9.90 Å². The van der Waals surface area contributed by atoms with Crippen molar-refractivity contribution in [3.05, 3.63) is 71.9 Å². The maximum absolute atomic E-state index is 12.2. The average Bonchev–Trinajstić information content (AvgIpc) is 3.18. The zero-order valence-electron chi connectivity index (χ0n) is 17.1. The number of H-pyrrole nitrogens is 1. The first-order valence-electron chi connectivity index (χ1n) is 10.2. The molecule has 1 atom stereocenters. The number of hydrogen-bond donors (Lipinski definition) is 2. The SMILES string of the molecule is COc1ccc2[nH]cc([C@@H](C(=O)O)N3CCN(C/C=C/c4ccccc4)CC3)c2c1. The molecule has 2 aromatic carbocycles. The third-order valence-corrected chi connectivity index (χ3v) is 5.69. The highest BCUT2D eigenvalue weighted by Crippen LogP contribution is 2.31. The molecule has 0 bridgehead atoms. The van der Waals surface area contributed by atoms with Crippen LogP contribution in [0.5, 0.6) is 5.75 Å². The van der Waals surface area contributed by atoms with E-state index >= 15 is 0 Å². The van der Waals surface area contributed by atoms with Crippen LogP contribution in [-0.2, 0) is 4.79 Å². The molecule has 1 saturated heterocycles. The number of aliphatic carboxylic acids is 1. The number of piperazine rings is 1. The van der Waals surface area contributed by atoms with Gasteiger partial charge in [0, 0.05) is 55.4 Å². The highest BCUT2D eigenvalue weighted by Gasteiger charge is 2.32. The van der Waals surface area contributed by atoms with Gasteiger partial charge in [-0.05, 0) is 23.8 Å². The summed E-state index contributed by atoms with van der Waals surface area (Å²) in [7, 11) is 1.62. The van der Waals surface area contributed by atoms with Gasteiger partial charge in [-0.25, -0.2) is 0 Å². The van der Waals surface area contributed by atoms with Crippen molar-refractivity contribution < 1.29 is 14.6 Å². The van der Waals surface area contributed by atoms with E-state index in [1.54, 1.807) is 7.11 Å². The van der Waals surface area contributed by atoms with Crippen LogP contribution >= 0.6 is 0 Å². The van der Waals surface area contributed by atoms with E-state index in [-0.39, 0.29) is 0 Å². The van der Waals surface area contributed by atoms with E-state index in [0.717, 1.165) is 41.9 Å². The van der Waals surface area contributed by atoms with Crippen LogP contribution in [0.4, 0.5) is 0 Å². The number of aromatic nitrogens is 1. The number of nitrogens with zero attached hydrogens (tertiary/aromatic N) is 2. The van der Waals surface area contributed by atoms with E-state index < -0.39 is 12.0 Å². The van der Waals surface area contributed by atoms with Gasteiger partial charge in [0.2, 0.25) is 0 Å². The first kappa shape index (κ1) is 20.2. The van der Waals surface area contributed by atoms with Gasteiger partial charge in [-0.2, -0.15) is 0 Å². The number of benzene rings is 2. The van der Waals surface area contributed by atoms with Crippen molar-refractivity contribution >= 4 is 22.9 Å². The van der Waals surface area contributed by atoms with Gasteiger partial charge in [0.15, 0.2) is 0 Å². The lowest BCUT2D eigenvalue weighted by atomic mass is 10.0. The second-order valence-electron chi connectivity index (χ2n) is 7.55. The summed E-state index contributed by atoms with van der Waals surface area (Å²) in [6.45, 7) is 3.98. The van der Waals surface area contributed by atoms with Crippen LogP contribution in [0.3, 0.4) is 0 Å². The molecule has 0 saturated carbocycles. The molecule has 0 unspecified atom stereocenters. The largest absolute Gasteiger partial charge is 0.497 e. The first-order chi connectivity index (χ1) is 14.7. The molecule has 30 heavy (non-hydrogen) atoms. The van der Waals surface area contributed by atoms with Gasteiger partial charge < -0.3 is 14.8 Å². The van der Waals surface area contributed by atoms with Gasteiger partial charge in [0.05, 0.1) is 7.11 Å². The smallest absolute Gasteiger partial charge is 0.325 e. The molecule has 1 aliphatic heterocycles. The number of aromatic amines is 1. The van der Waals surface area contributed by atoms with Crippen LogP contribution in [-0.4, -0.2) is 65.7 Å². The number of hydrogen-bond acceptors (Lipinski definition) is 4. The molecule has 156 valence electrons. The van der Waals surface area contributed by atoms with E-state index in [0.29, 0.717) is 13.1 Å². The lowest BCUT2D eigenvalue weighted by Gasteiger charge is -2.37. The number of methoxy groups -OCH3 is 1. The molecule has 0 aliphatic carbocycles. The number of carboxylic acids is 1. The Bertz CT molecular complexity index is 1020. The van der Waals surface area contributed by atoms with Gasteiger partial charge in [0.25, 0.3) is 0 Å². The summed E-state index contributed by atoms with van der Waals surface area (Å²) in [6.07, 6.45) is 6.12. The second-order valence-corrected chi connectivity index (χ2v) is 7.55. The van der Waals surface area contributed by atoms with Crippen LogP contribution in [0.25, 0.3) is 17.0 Å². The van der Waals surface area contributed by atoms with Crippen LogP contribution < -0.4 is 4.74 Å². The standard InChI is InChI=1S/C24H27N3O3/c1-30-19-9-10-22-20(16-19)21(17-25-22)23(24(28)29)27-14-12-26(13-15-27)11-5-8-18-6-3-2-4-7-18/h2-10,16-17,23,25H,11-15H2,1H3,(H,28,29)/b8-5+/t23-/m0/s1. The molecule has 6 heteroatoms. The Morgan fingerprint density at radius 2 is 1.93 bits per heavy atom. The number of rotatable bonds is 7. The zero-order chi connectivity index (χ0) is 20.9. The van der Waals surface area contributed by atoms with Crippen molar-refractivity contribution in [2.75, 3.05) is 39.8 Å². The summed E-state index contributed by atoms with van der Waals surface area (Å²) in [4.78, 5) is 19.8. The molecule has 0 radical (unpaired) electrons. The van der Waals surface area contributed by atoms with Crippen molar-refractivity contribution in [2.45, 2.75) is 6.04 Å². The van der Waals surface area contributed by atoms with E-state index in [1.807, 2.05) is 42.6 Å². The molecule has 1 aliphatic rings. The third-order valence-electron chi connectivity index (χ3n) is 5.69. The summed E-state index contributed by atoms with van der Waals surface area (Å²) in [5.41, 5.74) is 2.90. The fraction of sp³-hybridized carbons (Fsp3) is 0.292. The fourth-order valence-electron chi connectivity index (χ4n) is 4.07. The topological polar surface area (TPSA) is 68.8 Å². The molecule has 0 amide bonds. The molecule has 6 nitrogen and oxygen atoms in total. The molecule has 1 aromatic heterocycles. The summed E-state index contributed by atoms with van der Waals surface area (Å²) in [5.74, 6) is -0.0985. The lowest BCUT2D eigenvalue weighted by Crippen LogP contribution is -2.49. The van der Waals surface area contributed by atoms with Crippen molar-refractivity contribution in [1.82, 2.24) is 14.8 Å². The molecular formula is C24H27N3O3. The minimum atomic E-state index is -0.823. The summed E-state index contributed by atoms with van der Waals surface area (Å²) >= 11 is 0. The Hall–Kier alpha value is -3.09. The molecular weight excluding hydrogens is 378 g/mol. The van der Waals surface area contributed by atoms with Crippen LogP contribution in [0.2, 0.25) is 0 Å². The summed E-state index contributed by atoms with van der Waals surface area (Å²) in [5, 5.41) is 10.9. The Labute approximate surface area is 176 Å².